The molecule has 1 saturated heterocycles. The van der Waals surface area contributed by atoms with Gasteiger partial charge in [0.05, 0.1) is 6.04 Å². The van der Waals surface area contributed by atoms with Crippen LogP contribution in [0.25, 0.3) is 0 Å². The number of hydrogen-bond acceptors (Lipinski definition) is 3. The van der Waals surface area contributed by atoms with Gasteiger partial charge in [-0.15, -0.1) is 11.3 Å². The predicted molar refractivity (Wildman–Crippen MR) is 52.4 cm³/mol. The number of thiophene rings is 1. The molecule has 0 spiro atoms. The topological polar surface area (TPSA) is 55.1 Å². The highest BCUT2D eigenvalue weighted by molar-refractivity contribution is 7.10. The summed E-state index contributed by atoms with van der Waals surface area (Å²) in [6.45, 7) is 0. The second kappa shape index (κ2) is 3.47. The molecule has 0 aliphatic carbocycles. The lowest BCUT2D eigenvalue weighted by Crippen LogP contribution is -2.45. The first-order valence-corrected chi connectivity index (χ1v) is 5.23. The maximum atomic E-state index is 11.2. The van der Waals surface area contributed by atoms with Crippen molar-refractivity contribution in [2.24, 2.45) is 5.73 Å². The van der Waals surface area contributed by atoms with E-state index in [4.69, 9.17) is 5.73 Å². The molecule has 0 saturated carbocycles. The summed E-state index contributed by atoms with van der Waals surface area (Å²) < 4.78 is 0. The van der Waals surface area contributed by atoms with Crippen molar-refractivity contribution in [1.29, 1.82) is 0 Å². The van der Waals surface area contributed by atoms with Gasteiger partial charge in [0.15, 0.2) is 0 Å². The molecule has 1 aliphatic heterocycles. The van der Waals surface area contributed by atoms with E-state index >= 15 is 0 Å². The van der Waals surface area contributed by atoms with Gasteiger partial charge in [-0.1, -0.05) is 6.07 Å². The molecule has 0 radical (unpaired) electrons. The lowest BCUT2D eigenvalue weighted by molar-refractivity contribution is -0.123. The molecule has 2 heterocycles. The van der Waals surface area contributed by atoms with Gasteiger partial charge >= 0.3 is 0 Å². The van der Waals surface area contributed by atoms with Crippen LogP contribution in [-0.2, 0) is 4.79 Å². The van der Waals surface area contributed by atoms with E-state index in [9.17, 15) is 4.79 Å². The van der Waals surface area contributed by atoms with Gasteiger partial charge in [-0.3, -0.25) is 4.79 Å². The monoisotopic (exact) mass is 196 g/mol. The van der Waals surface area contributed by atoms with Gasteiger partial charge in [0.1, 0.15) is 0 Å². The first-order valence-electron chi connectivity index (χ1n) is 4.36. The Morgan fingerprint density at radius 3 is 3.15 bits per heavy atom. The van der Waals surface area contributed by atoms with Crippen LogP contribution in [0.15, 0.2) is 17.5 Å². The van der Waals surface area contributed by atoms with E-state index in [-0.39, 0.29) is 18.0 Å². The summed E-state index contributed by atoms with van der Waals surface area (Å²) in [5, 5.41) is 4.92. The molecule has 13 heavy (non-hydrogen) atoms. The number of piperidine rings is 1. The normalized spacial score (nSPS) is 28.5. The van der Waals surface area contributed by atoms with E-state index < -0.39 is 0 Å². The lowest BCUT2D eigenvalue weighted by Gasteiger charge is -2.28. The summed E-state index contributed by atoms with van der Waals surface area (Å²) in [6.07, 6.45) is 1.34. The van der Waals surface area contributed by atoms with E-state index in [1.165, 1.54) is 0 Å². The second-order valence-electron chi connectivity index (χ2n) is 3.26. The van der Waals surface area contributed by atoms with Gasteiger partial charge in [0.2, 0.25) is 5.91 Å². The van der Waals surface area contributed by atoms with Crippen molar-refractivity contribution in [2.45, 2.75) is 24.9 Å². The fourth-order valence-corrected chi connectivity index (χ4v) is 2.42. The maximum absolute atomic E-state index is 11.2. The third kappa shape index (κ3) is 1.73. The van der Waals surface area contributed by atoms with Crippen molar-refractivity contribution >= 4 is 17.2 Å². The van der Waals surface area contributed by atoms with Gasteiger partial charge in [-0.2, -0.15) is 0 Å². The molecule has 2 rings (SSSR count). The predicted octanol–water partition coefficient (Wildman–Crippen LogP) is 1.03. The molecule has 0 bridgehead atoms. The van der Waals surface area contributed by atoms with Gasteiger partial charge in [0, 0.05) is 17.3 Å². The van der Waals surface area contributed by atoms with Crippen LogP contribution in [0.3, 0.4) is 0 Å². The lowest BCUT2D eigenvalue weighted by atomic mass is 9.98. The molecule has 70 valence electrons. The zero-order valence-corrected chi connectivity index (χ0v) is 8.01. The minimum absolute atomic E-state index is 0.0289. The van der Waals surface area contributed by atoms with Gasteiger partial charge < -0.3 is 11.1 Å². The summed E-state index contributed by atoms with van der Waals surface area (Å²) in [7, 11) is 0. The van der Waals surface area contributed by atoms with Crippen molar-refractivity contribution in [1.82, 2.24) is 5.32 Å². The molecule has 1 fully saturated rings. The van der Waals surface area contributed by atoms with Crippen LogP contribution in [0.1, 0.15) is 23.8 Å². The Morgan fingerprint density at radius 1 is 1.62 bits per heavy atom. The minimum Gasteiger partial charge on any atom is -0.347 e. The Hall–Kier alpha value is -0.870. The Labute approximate surface area is 80.9 Å². The van der Waals surface area contributed by atoms with E-state index in [1.807, 2.05) is 17.5 Å². The summed E-state index contributed by atoms with van der Waals surface area (Å²) in [5.74, 6) is 0.111. The smallest absolute Gasteiger partial charge is 0.220 e. The summed E-state index contributed by atoms with van der Waals surface area (Å²) in [5.41, 5.74) is 5.92. The largest absolute Gasteiger partial charge is 0.347 e. The molecular weight excluding hydrogens is 184 g/mol. The van der Waals surface area contributed by atoms with Gasteiger partial charge in [-0.25, -0.2) is 0 Å². The van der Waals surface area contributed by atoms with Crippen LogP contribution in [0.2, 0.25) is 0 Å². The summed E-state index contributed by atoms with van der Waals surface area (Å²) >= 11 is 1.64. The van der Waals surface area contributed by atoms with E-state index in [1.54, 1.807) is 11.3 Å². The van der Waals surface area contributed by atoms with E-state index in [0.717, 1.165) is 11.3 Å². The molecule has 2 atom stereocenters. The first-order chi connectivity index (χ1) is 6.27. The summed E-state index contributed by atoms with van der Waals surface area (Å²) in [6, 6.07) is 4.09. The molecular formula is C9H12N2OS. The Morgan fingerprint density at radius 2 is 2.46 bits per heavy atom. The fraction of sp³-hybridized carbons (Fsp3) is 0.444. The Bertz CT molecular complexity index is 297. The fourth-order valence-electron chi connectivity index (χ4n) is 1.57. The molecule has 1 aromatic rings. The van der Waals surface area contributed by atoms with Crippen LogP contribution in [0, 0.1) is 0 Å². The molecule has 0 aromatic carbocycles. The van der Waals surface area contributed by atoms with Crippen molar-refractivity contribution in [3.05, 3.63) is 22.4 Å². The average molecular weight is 196 g/mol. The maximum Gasteiger partial charge on any atom is 0.220 e. The number of hydrogen-bond donors (Lipinski definition) is 2. The van der Waals surface area contributed by atoms with Gasteiger partial charge in [-0.05, 0) is 17.9 Å². The number of amides is 1. The third-order valence-electron chi connectivity index (χ3n) is 2.30. The quantitative estimate of drug-likeness (QED) is 0.704. The molecule has 1 amide bonds. The van der Waals surface area contributed by atoms with E-state index in [0.29, 0.717) is 6.42 Å². The highest BCUT2D eigenvalue weighted by atomic mass is 32.1. The van der Waals surface area contributed by atoms with Crippen LogP contribution >= 0.6 is 11.3 Å². The van der Waals surface area contributed by atoms with Crippen LogP contribution in [0.5, 0.6) is 0 Å². The molecule has 1 aliphatic rings. The van der Waals surface area contributed by atoms with Crippen LogP contribution in [0.4, 0.5) is 0 Å². The molecule has 1 aromatic heterocycles. The Kier molecular flexibility index (Phi) is 2.33. The number of nitrogens with one attached hydrogen (secondary N) is 1. The molecule has 3 nitrogen and oxygen atoms in total. The first kappa shape index (κ1) is 8.72. The van der Waals surface area contributed by atoms with Gasteiger partial charge in [0.25, 0.3) is 0 Å². The minimum atomic E-state index is 0.0289. The van der Waals surface area contributed by atoms with Crippen molar-refractivity contribution in [3.63, 3.8) is 0 Å². The van der Waals surface area contributed by atoms with E-state index in [2.05, 4.69) is 5.32 Å². The zero-order chi connectivity index (χ0) is 9.26. The Balaban J connectivity index is 2.17. The number of rotatable bonds is 1. The third-order valence-corrected chi connectivity index (χ3v) is 3.25. The SMILES string of the molecule is NC1CCC(=O)NC1c1cccs1. The second-order valence-corrected chi connectivity index (χ2v) is 4.24. The summed E-state index contributed by atoms with van der Waals surface area (Å²) in [4.78, 5) is 12.3. The van der Waals surface area contributed by atoms with Crippen LogP contribution in [-0.4, -0.2) is 11.9 Å². The molecule has 2 unspecified atom stereocenters. The zero-order valence-electron chi connectivity index (χ0n) is 7.19. The standard InChI is InChI=1S/C9H12N2OS/c10-6-3-4-8(12)11-9(6)7-2-1-5-13-7/h1-2,5-6,9H,3-4,10H2,(H,11,12). The number of carbonyl (C=O) groups is 1. The highest BCUT2D eigenvalue weighted by Gasteiger charge is 2.27. The number of nitrogens with two attached hydrogens (primary N) is 1. The average Bonchev–Trinajstić information content (AvgIpc) is 2.61. The van der Waals surface area contributed by atoms with Crippen LogP contribution < -0.4 is 11.1 Å². The molecule has 4 heteroatoms. The highest BCUT2D eigenvalue weighted by Crippen LogP contribution is 2.25. The molecule has 3 N–H and O–H groups in total. The van der Waals surface area contributed by atoms with Crippen molar-refractivity contribution in [2.75, 3.05) is 0 Å². The number of carbonyl (C=O) groups excluding carboxylic acids is 1. The van der Waals surface area contributed by atoms with Crippen molar-refractivity contribution in [3.8, 4) is 0 Å². The van der Waals surface area contributed by atoms with Crippen molar-refractivity contribution < 1.29 is 4.79 Å².